The van der Waals surface area contributed by atoms with Gasteiger partial charge >= 0.3 is 5.69 Å². The monoisotopic (exact) mass is 455 g/mol. The van der Waals surface area contributed by atoms with Crippen LogP contribution in [0, 0.1) is 12.8 Å². The predicted octanol–water partition coefficient (Wildman–Crippen LogP) is 2.86. The molecule has 1 amide bonds. The third-order valence-electron chi connectivity index (χ3n) is 5.49. The lowest BCUT2D eigenvalue weighted by atomic mass is 10.1. The normalized spacial score (nSPS) is 11.6. The lowest BCUT2D eigenvalue weighted by molar-refractivity contribution is 0.0982. The molecule has 0 saturated carbocycles. The van der Waals surface area contributed by atoms with Gasteiger partial charge < -0.3 is 10.6 Å². The SMILES string of the molecule is CCCCn1c(N)c(N(CC(C)C)C(=O)c2cc3cnn(C(C)C)c3nc2C)c(=O)[nH]c1=O. The van der Waals surface area contributed by atoms with E-state index < -0.39 is 17.2 Å². The Morgan fingerprint density at radius 2 is 1.94 bits per heavy atom. The molecule has 10 nitrogen and oxygen atoms in total. The third kappa shape index (κ3) is 4.69. The highest BCUT2D eigenvalue weighted by atomic mass is 16.2. The first kappa shape index (κ1) is 24.2. The second-order valence-corrected chi connectivity index (χ2v) is 9.02. The molecule has 3 N–H and O–H groups in total. The van der Waals surface area contributed by atoms with E-state index in [1.165, 1.54) is 9.47 Å². The Labute approximate surface area is 192 Å². The minimum absolute atomic E-state index is 0.00878. The number of rotatable bonds is 8. The highest BCUT2D eigenvalue weighted by Gasteiger charge is 2.28. The molecule has 0 radical (unpaired) electrons. The fraction of sp³-hybridized carbons (Fsp3) is 0.522. The van der Waals surface area contributed by atoms with Gasteiger partial charge in [-0.25, -0.2) is 14.5 Å². The molecule has 0 spiro atoms. The maximum absolute atomic E-state index is 13.8. The maximum Gasteiger partial charge on any atom is 0.330 e. The Morgan fingerprint density at radius 1 is 1.24 bits per heavy atom. The van der Waals surface area contributed by atoms with Crippen molar-refractivity contribution in [1.82, 2.24) is 24.3 Å². The van der Waals surface area contributed by atoms with E-state index in [1.54, 1.807) is 23.9 Å². The minimum atomic E-state index is -0.682. The Bertz CT molecular complexity index is 1280. The highest BCUT2D eigenvalue weighted by molar-refractivity contribution is 6.09. The summed E-state index contributed by atoms with van der Waals surface area (Å²) in [6, 6.07) is 1.87. The average molecular weight is 456 g/mol. The number of anilines is 2. The van der Waals surface area contributed by atoms with Gasteiger partial charge in [0.2, 0.25) is 0 Å². The van der Waals surface area contributed by atoms with Gasteiger partial charge in [0.05, 0.1) is 17.5 Å². The number of aromatic amines is 1. The number of aromatic nitrogens is 5. The van der Waals surface area contributed by atoms with Gasteiger partial charge in [0.15, 0.2) is 11.3 Å². The zero-order valence-electron chi connectivity index (χ0n) is 20.2. The molecule has 10 heteroatoms. The van der Waals surface area contributed by atoms with Gasteiger partial charge in [-0.1, -0.05) is 27.2 Å². The van der Waals surface area contributed by atoms with E-state index in [2.05, 4.69) is 15.1 Å². The van der Waals surface area contributed by atoms with Crippen molar-refractivity contribution in [2.24, 2.45) is 5.92 Å². The van der Waals surface area contributed by atoms with Crippen LogP contribution in [0.1, 0.15) is 69.6 Å². The molecular formula is C23H33N7O3. The van der Waals surface area contributed by atoms with Gasteiger partial charge in [0, 0.05) is 24.5 Å². The van der Waals surface area contributed by atoms with Crippen LogP contribution in [0.3, 0.4) is 0 Å². The standard InChI is InChI=1S/C23H33N7O3/c1-7-8-9-28-19(24)18(21(31)27-23(28)33)29(12-13(2)3)22(32)17-10-16-11-25-30(14(4)5)20(16)26-15(17)6/h10-11,13-14H,7-9,12,24H2,1-6H3,(H,27,31,33). The van der Waals surface area contributed by atoms with Crippen LogP contribution in [0.5, 0.6) is 0 Å². The number of pyridine rings is 1. The first-order valence-corrected chi connectivity index (χ1v) is 11.4. The Kier molecular flexibility index (Phi) is 7.04. The molecule has 33 heavy (non-hydrogen) atoms. The maximum atomic E-state index is 13.8. The number of nitrogen functional groups attached to an aromatic ring is 1. The lowest BCUT2D eigenvalue weighted by Gasteiger charge is -2.26. The number of H-pyrrole nitrogens is 1. The summed E-state index contributed by atoms with van der Waals surface area (Å²) in [6.45, 7) is 12.3. The highest BCUT2D eigenvalue weighted by Crippen LogP contribution is 2.25. The topological polar surface area (TPSA) is 132 Å². The van der Waals surface area contributed by atoms with Crippen LogP contribution in [0.2, 0.25) is 0 Å². The van der Waals surface area contributed by atoms with Gasteiger partial charge in [0.1, 0.15) is 5.82 Å². The van der Waals surface area contributed by atoms with Gasteiger partial charge in [-0.05, 0) is 39.2 Å². The number of carbonyl (C=O) groups is 1. The van der Waals surface area contributed by atoms with E-state index in [4.69, 9.17) is 5.73 Å². The van der Waals surface area contributed by atoms with Crippen LogP contribution < -0.4 is 21.9 Å². The minimum Gasteiger partial charge on any atom is -0.383 e. The van der Waals surface area contributed by atoms with Crippen LogP contribution in [0.25, 0.3) is 11.0 Å². The Morgan fingerprint density at radius 3 is 2.55 bits per heavy atom. The third-order valence-corrected chi connectivity index (χ3v) is 5.49. The Balaban J connectivity index is 2.17. The second-order valence-electron chi connectivity index (χ2n) is 9.02. The molecule has 3 heterocycles. The molecular weight excluding hydrogens is 422 g/mol. The van der Waals surface area contributed by atoms with Gasteiger partial charge in [-0.3, -0.25) is 19.1 Å². The number of nitrogens with one attached hydrogen (secondary N) is 1. The van der Waals surface area contributed by atoms with Crippen molar-refractivity contribution >= 4 is 28.4 Å². The van der Waals surface area contributed by atoms with Crippen molar-refractivity contribution in [2.75, 3.05) is 17.2 Å². The summed E-state index contributed by atoms with van der Waals surface area (Å²) in [5.74, 6) is -0.360. The number of fused-ring (bicyclic) bond motifs is 1. The van der Waals surface area contributed by atoms with Crippen molar-refractivity contribution in [2.45, 2.75) is 67.0 Å². The van der Waals surface area contributed by atoms with E-state index >= 15 is 0 Å². The van der Waals surface area contributed by atoms with Crippen LogP contribution in [0.4, 0.5) is 11.5 Å². The molecule has 0 unspecified atom stereocenters. The van der Waals surface area contributed by atoms with Gasteiger partial charge in [-0.15, -0.1) is 0 Å². The van der Waals surface area contributed by atoms with Crippen molar-refractivity contribution in [1.29, 1.82) is 0 Å². The van der Waals surface area contributed by atoms with E-state index in [-0.39, 0.29) is 30.0 Å². The largest absolute Gasteiger partial charge is 0.383 e. The molecule has 178 valence electrons. The van der Waals surface area contributed by atoms with Crippen molar-refractivity contribution in [3.05, 3.63) is 44.4 Å². The molecule has 0 fully saturated rings. The van der Waals surface area contributed by atoms with Gasteiger partial charge in [-0.2, -0.15) is 5.10 Å². The van der Waals surface area contributed by atoms with Crippen molar-refractivity contribution < 1.29 is 4.79 Å². The summed E-state index contributed by atoms with van der Waals surface area (Å²) in [5.41, 5.74) is 6.61. The number of unbranched alkanes of at least 4 members (excludes halogenated alkanes) is 1. The van der Waals surface area contributed by atoms with Crippen LogP contribution >= 0.6 is 0 Å². The van der Waals surface area contributed by atoms with E-state index in [0.29, 0.717) is 29.9 Å². The molecule has 3 rings (SSSR count). The number of hydrogen-bond donors (Lipinski definition) is 2. The van der Waals surface area contributed by atoms with Crippen LogP contribution in [-0.4, -0.2) is 36.8 Å². The molecule has 0 aliphatic heterocycles. The molecule has 0 aliphatic rings. The molecule has 3 aromatic heterocycles. The molecule has 0 atom stereocenters. The summed E-state index contributed by atoms with van der Waals surface area (Å²) in [4.78, 5) is 47.3. The van der Waals surface area contributed by atoms with Crippen LogP contribution in [0.15, 0.2) is 21.9 Å². The van der Waals surface area contributed by atoms with E-state index in [9.17, 15) is 14.4 Å². The smallest absolute Gasteiger partial charge is 0.330 e. The van der Waals surface area contributed by atoms with Crippen molar-refractivity contribution in [3.8, 4) is 0 Å². The predicted molar refractivity (Wildman–Crippen MR) is 130 cm³/mol. The summed E-state index contributed by atoms with van der Waals surface area (Å²) in [7, 11) is 0. The quantitative estimate of drug-likeness (QED) is 0.537. The first-order chi connectivity index (χ1) is 15.6. The summed E-state index contributed by atoms with van der Waals surface area (Å²) in [5, 5.41) is 5.12. The fourth-order valence-corrected chi connectivity index (χ4v) is 3.82. The number of carbonyl (C=O) groups excluding carboxylic acids is 1. The summed E-state index contributed by atoms with van der Waals surface area (Å²) in [6.07, 6.45) is 3.24. The number of nitrogens with zero attached hydrogens (tertiary/aromatic N) is 5. The average Bonchev–Trinajstić information content (AvgIpc) is 3.14. The fourth-order valence-electron chi connectivity index (χ4n) is 3.82. The van der Waals surface area contributed by atoms with Gasteiger partial charge in [0.25, 0.3) is 11.5 Å². The summed E-state index contributed by atoms with van der Waals surface area (Å²) < 4.78 is 3.12. The van der Waals surface area contributed by atoms with Crippen LogP contribution in [-0.2, 0) is 6.54 Å². The molecule has 3 aromatic rings. The first-order valence-electron chi connectivity index (χ1n) is 11.4. The number of amides is 1. The Hall–Kier alpha value is -3.43. The van der Waals surface area contributed by atoms with E-state index in [0.717, 1.165) is 11.8 Å². The lowest BCUT2D eigenvalue weighted by Crippen LogP contribution is -2.43. The zero-order chi connectivity index (χ0) is 24.4. The molecule has 0 aliphatic carbocycles. The number of nitrogens with two attached hydrogens (primary N) is 1. The van der Waals surface area contributed by atoms with E-state index in [1.807, 2.05) is 34.6 Å². The zero-order valence-corrected chi connectivity index (χ0v) is 20.2. The van der Waals surface area contributed by atoms with Crippen molar-refractivity contribution in [3.63, 3.8) is 0 Å². The number of hydrogen-bond acceptors (Lipinski definition) is 6. The molecule has 0 aromatic carbocycles. The molecule has 0 bridgehead atoms. The summed E-state index contributed by atoms with van der Waals surface area (Å²) >= 11 is 0. The number of aryl methyl sites for hydroxylation is 1. The second kappa shape index (κ2) is 9.60. The molecule has 0 saturated heterocycles.